The van der Waals surface area contributed by atoms with Crippen molar-refractivity contribution in [2.75, 3.05) is 0 Å². The van der Waals surface area contributed by atoms with Gasteiger partial charge in [0.1, 0.15) is 0 Å². The van der Waals surface area contributed by atoms with Crippen molar-refractivity contribution < 1.29 is 20.8 Å². The van der Waals surface area contributed by atoms with Crippen LogP contribution in [-0.2, 0) is 44.5 Å². The van der Waals surface area contributed by atoms with Gasteiger partial charge in [0, 0.05) is 0 Å². The third-order valence-electron chi connectivity index (χ3n) is 11.5. The molecule has 0 fully saturated rings. The van der Waals surface area contributed by atoms with E-state index in [1.807, 2.05) is 6.07 Å². The third-order valence-corrected chi connectivity index (χ3v) is 12.9. The monoisotopic (exact) mass is 917 g/mol. The molecule has 8 aromatic carbocycles. The van der Waals surface area contributed by atoms with Gasteiger partial charge in [0.05, 0.1) is 9.52 Å². The van der Waals surface area contributed by atoms with Gasteiger partial charge in [-0.3, -0.25) is 0 Å². The van der Waals surface area contributed by atoms with Crippen LogP contribution in [0.3, 0.4) is 0 Å². The maximum absolute atomic E-state index is 4.93. The van der Waals surface area contributed by atoms with Crippen LogP contribution >= 0.6 is 17.0 Å². The van der Waals surface area contributed by atoms with Crippen molar-refractivity contribution in [3.05, 3.63) is 179 Å². The minimum absolute atomic E-state index is 0.134. The average Bonchev–Trinajstić information content (AvgIpc) is 3.96. The van der Waals surface area contributed by atoms with Crippen molar-refractivity contribution in [1.82, 2.24) is 0 Å². The van der Waals surface area contributed by atoms with Gasteiger partial charge in [0.15, 0.2) is 0 Å². The molecule has 306 valence electrons. The molecule has 0 amide bonds. The zero-order valence-corrected chi connectivity index (χ0v) is 41.9. The quantitative estimate of drug-likeness (QED) is 0.122. The van der Waals surface area contributed by atoms with E-state index in [1.165, 1.54) is 98.7 Å². The van der Waals surface area contributed by atoms with Crippen molar-refractivity contribution in [1.29, 1.82) is 0 Å². The molecule has 0 atom stereocenters. The summed E-state index contributed by atoms with van der Waals surface area (Å²) >= 11 is -0.826. The normalized spacial score (nSPS) is 11.7. The molecule has 0 spiro atoms. The Morgan fingerprint density at radius 2 is 0.967 bits per heavy atom. The zero-order valence-electron chi connectivity index (χ0n) is 36.9. The fourth-order valence-electron chi connectivity index (χ4n) is 8.36. The Kier molecular flexibility index (Phi) is 15.2. The smallest absolute Gasteiger partial charge is 0.0920 e. The van der Waals surface area contributed by atoms with E-state index < -0.39 is 20.8 Å². The largest absolute Gasteiger partial charge is 0.184 e. The Bertz CT molecular complexity index is 2510. The van der Waals surface area contributed by atoms with Crippen LogP contribution in [0.15, 0.2) is 140 Å². The van der Waals surface area contributed by atoms with Crippen molar-refractivity contribution >= 4 is 58.5 Å². The predicted molar refractivity (Wildman–Crippen MR) is 263 cm³/mol. The number of aryl methyl sites for hydroxylation is 4. The summed E-state index contributed by atoms with van der Waals surface area (Å²) in [6, 6.07) is 54.3. The predicted octanol–water partition coefficient (Wildman–Crippen LogP) is 15.3. The molecule has 60 heavy (non-hydrogen) atoms. The molecule has 0 unspecified atom stereocenters. The number of fused-ring (bicyclic) bond motifs is 5. The molecule has 0 N–H and O–H groups in total. The summed E-state index contributed by atoms with van der Waals surface area (Å²) in [4.78, 5) is 0. The maximum atomic E-state index is 4.93. The van der Waals surface area contributed by atoms with E-state index >= 15 is 0 Å². The first-order valence-corrected chi connectivity index (χ1v) is 28.4. The van der Waals surface area contributed by atoms with E-state index in [9.17, 15) is 0 Å². The molecule has 0 aromatic heterocycles. The van der Waals surface area contributed by atoms with Crippen LogP contribution in [0.4, 0.5) is 0 Å². The Labute approximate surface area is 381 Å². The molecular weight excluding hydrogens is 863 g/mol. The van der Waals surface area contributed by atoms with Gasteiger partial charge in [-0.05, 0) is 59.8 Å². The zero-order chi connectivity index (χ0) is 43.2. The Balaban J connectivity index is 0.000000150. The van der Waals surface area contributed by atoms with E-state index in [0.717, 1.165) is 22.4 Å². The first kappa shape index (κ1) is 45.7. The van der Waals surface area contributed by atoms with Crippen LogP contribution in [0.25, 0.3) is 54.9 Å². The fourth-order valence-corrected chi connectivity index (χ4v) is 9.67. The number of rotatable bonds is 4. The average molecular weight is 920 g/mol. The number of hydrogen-bond acceptors (Lipinski definition) is 0. The molecule has 0 aliphatic carbocycles. The van der Waals surface area contributed by atoms with Crippen molar-refractivity contribution in [2.45, 2.75) is 92.9 Å². The van der Waals surface area contributed by atoms with Crippen LogP contribution in [0.2, 0.25) is 0 Å². The Morgan fingerprint density at radius 3 is 1.40 bits per heavy atom. The fraction of sp³-hybridized carbons (Fsp3) is 0.250. The summed E-state index contributed by atoms with van der Waals surface area (Å²) < 4.78 is 0. The van der Waals surface area contributed by atoms with Gasteiger partial charge >= 0.3 is 37.9 Å². The van der Waals surface area contributed by atoms with Crippen molar-refractivity contribution in [3.8, 4) is 33.4 Å². The summed E-state index contributed by atoms with van der Waals surface area (Å²) in [7, 11) is 10.7. The van der Waals surface area contributed by atoms with Gasteiger partial charge in [0.2, 0.25) is 0 Å². The van der Waals surface area contributed by atoms with Crippen LogP contribution in [-0.4, -0.2) is 9.52 Å². The summed E-state index contributed by atoms with van der Waals surface area (Å²) in [6.07, 6.45) is 2.18. The molecule has 0 saturated carbocycles. The van der Waals surface area contributed by atoms with Gasteiger partial charge < -0.3 is 0 Å². The van der Waals surface area contributed by atoms with Crippen molar-refractivity contribution in [2.24, 2.45) is 0 Å². The molecule has 1 heterocycles. The van der Waals surface area contributed by atoms with E-state index in [-0.39, 0.29) is 10.8 Å². The van der Waals surface area contributed by atoms with Crippen LogP contribution in [0, 0.1) is 19.9 Å². The number of halogens is 2. The molecule has 4 heteroatoms. The van der Waals surface area contributed by atoms with Gasteiger partial charge in [-0.15, -0.1) is 74.6 Å². The number of hydrogen-bond donors (Lipinski definition) is 0. The molecular formula is C56H57Cl2SiZr-3. The van der Waals surface area contributed by atoms with Crippen LogP contribution in [0.5, 0.6) is 0 Å². The van der Waals surface area contributed by atoms with E-state index in [2.05, 4.69) is 209 Å². The van der Waals surface area contributed by atoms with E-state index in [4.69, 9.17) is 17.0 Å². The summed E-state index contributed by atoms with van der Waals surface area (Å²) in [5, 5.41) is 8.35. The maximum Gasteiger partial charge on any atom is 0.0920 e. The summed E-state index contributed by atoms with van der Waals surface area (Å²) in [6.45, 7) is 22.7. The van der Waals surface area contributed by atoms with Gasteiger partial charge in [-0.25, -0.2) is 0 Å². The molecule has 0 bridgehead atoms. The first-order chi connectivity index (χ1) is 28.7. The minimum Gasteiger partial charge on any atom is -0.184 e. The van der Waals surface area contributed by atoms with E-state index in [1.54, 1.807) is 0 Å². The van der Waals surface area contributed by atoms with Crippen molar-refractivity contribution in [3.63, 3.8) is 0 Å². The molecule has 1 aliphatic heterocycles. The SMILES string of the molecule is CCc1cc2c(-c3ccccc3C)c(C(C)(C)C)ccc2[cH-]1.CCc1cc2c(-c3ccccc3C)c(C(C)(C)C)ccc2[cH-]1.[Cl][Zr][Cl].[c-]1cccc2c1[Si]c1ccccc1-2. The first-order valence-electron chi connectivity index (χ1n) is 21.1. The summed E-state index contributed by atoms with van der Waals surface area (Å²) in [5.74, 6) is 0. The van der Waals surface area contributed by atoms with Gasteiger partial charge in [-0.1, -0.05) is 161 Å². The Morgan fingerprint density at radius 1 is 0.550 bits per heavy atom. The third kappa shape index (κ3) is 10.3. The van der Waals surface area contributed by atoms with E-state index in [0.29, 0.717) is 0 Å². The molecule has 1 aliphatic rings. The molecule has 0 nitrogen and oxygen atoms in total. The Hall–Kier alpha value is -3.78. The van der Waals surface area contributed by atoms with Crippen LogP contribution in [0.1, 0.15) is 88.8 Å². The second-order valence-corrected chi connectivity index (χ2v) is 22.8. The minimum atomic E-state index is -0.826. The second-order valence-electron chi connectivity index (χ2n) is 17.7. The molecule has 8 aromatic rings. The van der Waals surface area contributed by atoms with Crippen LogP contribution < -0.4 is 10.4 Å². The number of benzene rings is 6. The second kappa shape index (κ2) is 19.9. The van der Waals surface area contributed by atoms with Gasteiger partial charge in [0.25, 0.3) is 0 Å². The molecule has 9 rings (SSSR count). The topological polar surface area (TPSA) is 0 Å². The molecule has 0 saturated heterocycles. The molecule has 2 radical (unpaired) electrons. The summed E-state index contributed by atoms with van der Waals surface area (Å²) in [5.41, 5.74) is 17.0. The van der Waals surface area contributed by atoms with Gasteiger partial charge in [-0.2, -0.15) is 41.6 Å². The standard InChI is InChI=1S/2C22H25.C12H7Si.2ClH.Zr/c2*1-6-16-13-17-11-12-20(22(3,4)5)21(19(17)14-16)18-10-8-7-9-15(18)2;1-3-7-11-9(5-1)10-6-2-4-8-12(10)13-11;;;/h2*7-14H,6H2,1-5H3;1-7H;2*1H;/q3*-1;;;+2/p-2.